The second kappa shape index (κ2) is 4.74. The predicted molar refractivity (Wildman–Crippen MR) is 58.1 cm³/mol. The number of hydrogen-bond donors (Lipinski definition) is 1. The Morgan fingerprint density at radius 2 is 2.36 bits per heavy atom. The van der Waals surface area contributed by atoms with Crippen molar-refractivity contribution >= 4 is 6.08 Å². The molecule has 0 radical (unpaired) electrons. The Bertz CT molecular complexity index is 379. The Labute approximate surface area is 83.9 Å². The number of aromatic nitrogens is 2. The second-order valence-electron chi connectivity index (χ2n) is 3.48. The average Bonchev–Trinajstić information content (AvgIpc) is 2.16. The van der Waals surface area contributed by atoms with Gasteiger partial charge in [0.15, 0.2) is 0 Å². The smallest absolute Gasteiger partial charge is 0.258 e. The van der Waals surface area contributed by atoms with Crippen molar-refractivity contribution in [1.29, 1.82) is 0 Å². The quantitative estimate of drug-likeness (QED) is 0.797. The van der Waals surface area contributed by atoms with E-state index in [0.29, 0.717) is 11.5 Å². The molecule has 3 heteroatoms. The van der Waals surface area contributed by atoms with E-state index < -0.39 is 0 Å². The number of hydrogen-bond acceptors (Lipinski definition) is 2. The van der Waals surface area contributed by atoms with Crippen LogP contribution in [0.15, 0.2) is 17.2 Å². The molecule has 0 saturated carbocycles. The van der Waals surface area contributed by atoms with Crippen molar-refractivity contribution in [3.8, 4) is 0 Å². The summed E-state index contributed by atoms with van der Waals surface area (Å²) in [6.45, 7) is 6.08. The molecule has 1 rings (SSSR count). The molecule has 0 saturated heterocycles. The Morgan fingerprint density at radius 1 is 1.64 bits per heavy atom. The maximum Gasteiger partial charge on any atom is 0.258 e. The first-order chi connectivity index (χ1) is 6.65. The van der Waals surface area contributed by atoms with E-state index in [0.717, 1.165) is 12.1 Å². The van der Waals surface area contributed by atoms with Crippen LogP contribution in [-0.2, 0) is 0 Å². The molecule has 0 aromatic carbocycles. The fraction of sp³-hybridized carbons (Fsp3) is 0.455. The minimum absolute atomic E-state index is 0.0722. The fourth-order valence-corrected chi connectivity index (χ4v) is 1.09. The highest BCUT2D eigenvalue weighted by molar-refractivity contribution is 5.50. The molecule has 1 N–H and O–H groups in total. The van der Waals surface area contributed by atoms with E-state index >= 15 is 0 Å². The van der Waals surface area contributed by atoms with Gasteiger partial charge in [-0.1, -0.05) is 32.4 Å². The third-order valence-electron chi connectivity index (χ3n) is 2.32. The molecule has 0 aliphatic rings. The maximum atomic E-state index is 11.4. The van der Waals surface area contributed by atoms with E-state index in [4.69, 9.17) is 0 Å². The van der Waals surface area contributed by atoms with Crippen LogP contribution in [0.4, 0.5) is 0 Å². The lowest BCUT2D eigenvalue weighted by Crippen LogP contribution is -2.11. The molecule has 0 fully saturated rings. The van der Waals surface area contributed by atoms with Crippen LogP contribution in [-0.4, -0.2) is 9.97 Å². The summed E-state index contributed by atoms with van der Waals surface area (Å²) in [6.07, 6.45) is 6.40. The van der Waals surface area contributed by atoms with Crippen LogP contribution in [0.25, 0.3) is 6.08 Å². The molecule has 0 bridgehead atoms. The van der Waals surface area contributed by atoms with Crippen LogP contribution in [0.3, 0.4) is 0 Å². The van der Waals surface area contributed by atoms with Gasteiger partial charge in [-0.05, 0) is 12.8 Å². The van der Waals surface area contributed by atoms with Crippen molar-refractivity contribution in [2.24, 2.45) is 5.92 Å². The van der Waals surface area contributed by atoms with E-state index in [9.17, 15) is 4.79 Å². The van der Waals surface area contributed by atoms with E-state index in [2.05, 4.69) is 23.8 Å². The SMILES string of the molecule is CCC(C)/C=C\c1c(C)nc[nH]c1=O. The third-order valence-corrected chi connectivity index (χ3v) is 2.32. The summed E-state index contributed by atoms with van der Waals surface area (Å²) in [5, 5.41) is 0. The van der Waals surface area contributed by atoms with Gasteiger partial charge in [-0.15, -0.1) is 0 Å². The molecule has 1 heterocycles. The second-order valence-corrected chi connectivity index (χ2v) is 3.48. The highest BCUT2D eigenvalue weighted by atomic mass is 16.1. The van der Waals surface area contributed by atoms with Crippen LogP contribution in [0.2, 0.25) is 0 Å². The van der Waals surface area contributed by atoms with Crippen molar-refractivity contribution in [2.45, 2.75) is 27.2 Å². The minimum Gasteiger partial charge on any atom is -0.313 e. The van der Waals surface area contributed by atoms with E-state index in [1.54, 1.807) is 0 Å². The Hall–Kier alpha value is -1.38. The first kappa shape index (κ1) is 10.7. The van der Waals surface area contributed by atoms with Gasteiger partial charge in [0, 0.05) is 0 Å². The van der Waals surface area contributed by atoms with Gasteiger partial charge < -0.3 is 4.98 Å². The summed E-state index contributed by atoms with van der Waals surface area (Å²) in [7, 11) is 0. The normalized spacial score (nSPS) is 13.4. The molecule has 76 valence electrons. The standard InChI is InChI=1S/C11H16N2O/c1-4-8(2)5-6-10-9(3)12-7-13-11(10)14/h5-8H,4H2,1-3H3,(H,12,13,14)/b6-5-. The van der Waals surface area contributed by atoms with Gasteiger partial charge in [0.05, 0.1) is 17.6 Å². The van der Waals surface area contributed by atoms with Gasteiger partial charge in [0.2, 0.25) is 0 Å². The minimum atomic E-state index is -0.0722. The van der Waals surface area contributed by atoms with Crippen molar-refractivity contribution < 1.29 is 0 Å². The number of nitrogens with zero attached hydrogens (tertiary/aromatic N) is 1. The summed E-state index contributed by atoms with van der Waals surface area (Å²) < 4.78 is 0. The fourth-order valence-electron chi connectivity index (χ4n) is 1.09. The van der Waals surface area contributed by atoms with Gasteiger partial charge in [-0.2, -0.15) is 0 Å². The molecule has 1 aromatic rings. The topological polar surface area (TPSA) is 45.8 Å². The van der Waals surface area contributed by atoms with Gasteiger partial charge in [-0.25, -0.2) is 4.98 Å². The van der Waals surface area contributed by atoms with Crippen LogP contribution >= 0.6 is 0 Å². The number of aryl methyl sites for hydroxylation is 1. The summed E-state index contributed by atoms with van der Waals surface area (Å²) >= 11 is 0. The monoisotopic (exact) mass is 192 g/mol. The van der Waals surface area contributed by atoms with Gasteiger partial charge in [0.25, 0.3) is 5.56 Å². The molecule has 0 spiro atoms. The van der Waals surface area contributed by atoms with E-state index in [1.165, 1.54) is 6.33 Å². The molecular formula is C11H16N2O. The molecule has 0 amide bonds. The van der Waals surface area contributed by atoms with Crippen LogP contribution in [0.1, 0.15) is 31.5 Å². The van der Waals surface area contributed by atoms with E-state index in [1.807, 2.05) is 19.1 Å². The molecule has 0 aliphatic carbocycles. The number of rotatable bonds is 3. The first-order valence-corrected chi connectivity index (χ1v) is 4.87. The van der Waals surface area contributed by atoms with E-state index in [-0.39, 0.29) is 5.56 Å². The zero-order chi connectivity index (χ0) is 10.6. The lowest BCUT2D eigenvalue weighted by molar-refractivity contribution is 0.701. The largest absolute Gasteiger partial charge is 0.313 e. The number of aromatic amines is 1. The van der Waals surface area contributed by atoms with Crippen molar-refractivity contribution in [1.82, 2.24) is 9.97 Å². The highest BCUT2D eigenvalue weighted by Crippen LogP contribution is 2.06. The van der Waals surface area contributed by atoms with Crippen LogP contribution < -0.4 is 5.56 Å². The zero-order valence-electron chi connectivity index (χ0n) is 8.87. The molecule has 3 nitrogen and oxygen atoms in total. The predicted octanol–water partition coefficient (Wildman–Crippen LogP) is 2.14. The zero-order valence-corrected chi connectivity index (χ0v) is 8.87. The summed E-state index contributed by atoms with van der Waals surface area (Å²) in [4.78, 5) is 18.0. The average molecular weight is 192 g/mol. The molecular weight excluding hydrogens is 176 g/mol. The van der Waals surface area contributed by atoms with Crippen LogP contribution in [0.5, 0.6) is 0 Å². The molecule has 1 atom stereocenters. The summed E-state index contributed by atoms with van der Waals surface area (Å²) in [5.41, 5.74) is 1.36. The van der Waals surface area contributed by atoms with Crippen molar-refractivity contribution in [2.75, 3.05) is 0 Å². The Kier molecular flexibility index (Phi) is 3.63. The molecule has 1 aromatic heterocycles. The van der Waals surface area contributed by atoms with Crippen molar-refractivity contribution in [3.63, 3.8) is 0 Å². The van der Waals surface area contributed by atoms with Crippen LogP contribution in [0, 0.1) is 12.8 Å². The van der Waals surface area contributed by atoms with Crippen molar-refractivity contribution in [3.05, 3.63) is 34.0 Å². The molecule has 0 aliphatic heterocycles. The Morgan fingerprint density at radius 3 is 2.93 bits per heavy atom. The maximum absolute atomic E-state index is 11.4. The lowest BCUT2D eigenvalue weighted by atomic mass is 10.1. The summed E-state index contributed by atoms with van der Waals surface area (Å²) in [6, 6.07) is 0. The van der Waals surface area contributed by atoms with Gasteiger partial charge >= 0.3 is 0 Å². The highest BCUT2D eigenvalue weighted by Gasteiger charge is 2.00. The van der Waals surface area contributed by atoms with Gasteiger partial charge in [-0.3, -0.25) is 4.79 Å². The first-order valence-electron chi connectivity index (χ1n) is 4.87. The number of allylic oxidation sites excluding steroid dienone is 1. The summed E-state index contributed by atoms with van der Waals surface area (Å²) in [5.74, 6) is 0.494. The molecule has 14 heavy (non-hydrogen) atoms. The number of nitrogens with one attached hydrogen (secondary N) is 1. The number of H-pyrrole nitrogens is 1. The van der Waals surface area contributed by atoms with Gasteiger partial charge in [0.1, 0.15) is 0 Å². The lowest BCUT2D eigenvalue weighted by Gasteiger charge is -2.00. The molecule has 1 unspecified atom stereocenters. The third kappa shape index (κ3) is 2.55. The Balaban J connectivity index is 2.97.